The van der Waals surface area contributed by atoms with Crippen LogP contribution in [0.1, 0.15) is 12.8 Å². The summed E-state index contributed by atoms with van der Waals surface area (Å²) in [5.41, 5.74) is 0.759. The van der Waals surface area contributed by atoms with E-state index in [1.807, 2.05) is 11.4 Å². The van der Waals surface area contributed by atoms with E-state index in [1.165, 1.54) is 17.5 Å². The molecule has 0 fully saturated rings. The molecule has 0 atom stereocenters. The van der Waals surface area contributed by atoms with Gasteiger partial charge >= 0.3 is 5.97 Å². The summed E-state index contributed by atoms with van der Waals surface area (Å²) < 4.78 is 27.1. The molecule has 0 radical (unpaired) electrons. The van der Waals surface area contributed by atoms with Gasteiger partial charge in [0.05, 0.1) is 10.2 Å². The van der Waals surface area contributed by atoms with Crippen molar-refractivity contribution in [3.63, 3.8) is 0 Å². The Bertz CT molecular complexity index is 694. The van der Waals surface area contributed by atoms with Gasteiger partial charge in [0.15, 0.2) is 0 Å². The molecule has 2 aromatic rings. The molecule has 19 heavy (non-hydrogen) atoms. The van der Waals surface area contributed by atoms with Gasteiger partial charge in [-0.1, -0.05) is 0 Å². The van der Waals surface area contributed by atoms with E-state index < -0.39 is 16.0 Å². The number of hydrogen-bond donors (Lipinski definition) is 2. The second-order valence-electron chi connectivity index (χ2n) is 3.87. The molecule has 2 heterocycles. The number of nitrogens with one attached hydrogen (secondary N) is 1. The first-order chi connectivity index (χ1) is 8.99. The lowest BCUT2D eigenvalue weighted by Gasteiger charge is -2.05. The fourth-order valence-electron chi connectivity index (χ4n) is 1.50. The van der Waals surface area contributed by atoms with E-state index in [0.717, 1.165) is 10.2 Å². The van der Waals surface area contributed by atoms with Crippen LogP contribution in [0, 0.1) is 0 Å². The molecule has 0 aliphatic rings. The minimum atomic E-state index is -3.63. The molecular formula is C11H12N2O4S2. The number of thiophene rings is 1. The van der Waals surface area contributed by atoms with Gasteiger partial charge in [-0.2, -0.15) is 0 Å². The SMILES string of the molecule is O=C(O)CCCNS(=O)(=O)c1cnc2ccsc2c1. The standard InChI is InChI=1S/C11H12N2O4S2/c14-11(15)2-1-4-13-19(16,17)8-6-10-9(12-7-8)3-5-18-10/h3,5-7,13H,1-2,4H2,(H,14,15). The third-order valence-electron chi connectivity index (χ3n) is 2.45. The summed E-state index contributed by atoms with van der Waals surface area (Å²) >= 11 is 1.42. The predicted octanol–water partition coefficient (Wildman–Crippen LogP) is 1.44. The summed E-state index contributed by atoms with van der Waals surface area (Å²) in [6.45, 7) is 0.0944. The third-order valence-corrected chi connectivity index (χ3v) is 4.73. The zero-order valence-electron chi connectivity index (χ0n) is 9.87. The molecule has 0 aliphatic carbocycles. The molecule has 0 amide bonds. The first kappa shape index (κ1) is 13.9. The fraction of sp³-hybridized carbons (Fsp3) is 0.273. The van der Waals surface area contributed by atoms with Crippen LogP contribution in [0.15, 0.2) is 28.6 Å². The quantitative estimate of drug-likeness (QED) is 0.787. The smallest absolute Gasteiger partial charge is 0.303 e. The predicted molar refractivity (Wildman–Crippen MR) is 71.7 cm³/mol. The number of sulfonamides is 1. The molecule has 0 saturated heterocycles. The summed E-state index contributed by atoms with van der Waals surface area (Å²) in [5.74, 6) is -0.944. The number of hydrogen-bond acceptors (Lipinski definition) is 5. The molecule has 102 valence electrons. The van der Waals surface area contributed by atoms with E-state index >= 15 is 0 Å². The van der Waals surface area contributed by atoms with Gasteiger partial charge < -0.3 is 5.11 Å². The molecule has 0 bridgehead atoms. The highest BCUT2D eigenvalue weighted by Gasteiger charge is 2.15. The molecule has 2 aromatic heterocycles. The van der Waals surface area contributed by atoms with Gasteiger partial charge in [0, 0.05) is 19.2 Å². The fourth-order valence-corrected chi connectivity index (χ4v) is 3.40. The van der Waals surface area contributed by atoms with Crippen LogP contribution in [0.4, 0.5) is 0 Å². The minimum absolute atomic E-state index is 0.0648. The summed E-state index contributed by atoms with van der Waals surface area (Å²) in [4.78, 5) is 14.5. The molecule has 0 unspecified atom stereocenters. The highest BCUT2D eigenvalue weighted by molar-refractivity contribution is 7.89. The molecule has 0 aliphatic heterocycles. The van der Waals surface area contributed by atoms with Crippen molar-refractivity contribution in [3.8, 4) is 0 Å². The molecular weight excluding hydrogens is 288 g/mol. The van der Waals surface area contributed by atoms with E-state index in [9.17, 15) is 13.2 Å². The summed E-state index contributed by atoms with van der Waals surface area (Å²) in [6, 6.07) is 3.38. The maximum atomic E-state index is 11.9. The summed E-state index contributed by atoms with van der Waals surface area (Å²) in [7, 11) is -3.63. The van der Waals surface area contributed by atoms with Crippen molar-refractivity contribution in [1.82, 2.24) is 9.71 Å². The third kappa shape index (κ3) is 3.49. The number of nitrogens with zero attached hydrogens (tertiary/aromatic N) is 1. The van der Waals surface area contributed by atoms with Crippen molar-refractivity contribution in [3.05, 3.63) is 23.7 Å². The van der Waals surface area contributed by atoms with Crippen molar-refractivity contribution in [2.45, 2.75) is 17.7 Å². The van der Waals surface area contributed by atoms with Gasteiger partial charge in [-0.05, 0) is 23.9 Å². The second-order valence-corrected chi connectivity index (χ2v) is 6.58. The molecule has 2 rings (SSSR count). The Morgan fingerprint density at radius 3 is 3.00 bits per heavy atom. The van der Waals surface area contributed by atoms with Crippen molar-refractivity contribution in [2.75, 3.05) is 6.54 Å². The first-order valence-electron chi connectivity index (χ1n) is 5.54. The average Bonchev–Trinajstić information content (AvgIpc) is 2.81. The number of carboxylic acids is 1. The van der Waals surface area contributed by atoms with Gasteiger partial charge in [0.1, 0.15) is 4.90 Å². The van der Waals surface area contributed by atoms with Crippen LogP contribution in [0.2, 0.25) is 0 Å². The molecule has 0 spiro atoms. The van der Waals surface area contributed by atoms with E-state index in [1.54, 1.807) is 6.07 Å². The lowest BCUT2D eigenvalue weighted by Crippen LogP contribution is -2.25. The second kappa shape index (κ2) is 5.64. The van der Waals surface area contributed by atoms with E-state index in [2.05, 4.69) is 9.71 Å². The number of pyridine rings is 1. The van der Waals surface area contributed by atoms with Crippen LogP contribution in [-0.4, -0.2) is 31.0 Å². The Morgan fingerprint density at radius 1 is 1.47 bits per heavy atom. The Hall–Kier alpha value is -1.51. The van der Waals surface area contributed by atoms with E-state index in [4.69, 9.17) is 5.11 Å². The van der Waals surface area contributed by atoms with E-state index in [0.29, 0.717) is 0 Å². The largest absolute Gasteiger partial charge is 0.481 e. The van der Waals surface area contributed by atoms with Crippen LogP contribution in [0.25, 0.3) is 10.2 Å². The average molecular weight is 300 g/mol. The number of carboxylic acid groups (broad SMARTS) is 1. The van der Waals surface area contributed by atoms with Crippen molar-refractivity contribution in [1.29, 1.82) is 0 Å². The lowest BCUT2D eigenvalue weighted by atomic mass is 10.3. The number of fused-ring (bicyclic) bond motifs is 1. The van der Waals surface area contributed by atoms with Gasteiger partial charge in [-0.25, -0.2) is 13.1 Å². The maximum absolute atomic E-state index is 11.9. The monoisotopic (exact) mass is 300 g/mol. The number of aromatic nitrogens is 1. The van der Waals surface area contributed by atoms with Crippen molar-refractivity contribution < 1.29 is 18.3 Å². The highest BCUT2D eigenvalue weighted by atomic mass is 32.2. The lowest BCUT2D eigenvalue weighted by molar-refractivity contribution is -0.137. The Kier molecular flexibility index (Phi) is 4.13. The van der Waals surface area contributed by atoms with Crippen LogP contribution in [0.5, 0.6) is 0 Å². The van der Waals surface area contributed by atoms with E-state index in [-0.39, 0.29) is 24.3 Å². The molecule has 0 aromatic carbocycles. The Labute approximate surface area is 114 Å². The van der Waals surface area contributed by atoms with Gasteiger partial charge in [0.2, 0.25) is 10.0 Å². The number of carbonyl (C=O) groups is 1. The van der Waals surface area contributed by atoms with Gasteiger partial charge in [0.25, 0.3) is 0 Å². The summed E-state index contributed by atoms with van der Waals surface area (Å²) in [6.07, 6.45) is 1.49. The van der Waals surface area contributed by atoms with Crippen LogP contribution < -0.4 is 4.72 Å². The maximum Gasteiger partial charge on any atom is 0.303 e. The van der Waals surface area contributed by atoms with Crippen molar-refractivity contribution >= 4 is 37.5 Å². The normalized spacial score (nSPS) is 11.8. The topological polar surface area (TPSA) is 96.4 Å². The van der Waals surface area contributed by atoms with Gasteiger partial charge in [-0.3, -0.25) is 9.78 Å². The van der Waals surface area contributed by atoms with Crippen LogP contribution in [-0.2, 0) is 14.8 Å². The first-order valence-corrected chi connectivity index (χ1v) is 7.90. The Morgan fingerprint density at radius 2 is 2.26 bits per heavy atom. The van der Waals surface area contributed by atoms with Crippen LogP contribution >= 0.6 is 11.3 Å². The van der Waals surface area contributed by atoms with Gasteiger partial charge in [-0.15, -0.1) is 11.3 Å². The number of aliphatic carboxylic acids is 1. The number of rotatable bonds is 6. The molecule has 0 saturated carbocycles. The highest BCUT2D eigenvalue weighted by Crippen LogP contribution is 2.21. The molecule has 6 nitrogen and oxygen atoms in total. The molecule has 8 heteroatoms. The Balaban J connectivity index is 2.08. The van der Waals surface area contributed by atoms with Crippen molar-refractivity contribution in [2.24, 2.45) is 0 Å². The zero-order chi connectivity index (χ0) is 13.9. The molecule has 2 N–H and O–H groups in total. The summed E-state index contributed by atoms with van der Waals surface area (Å²) in [5, 5.41) is 10.3. The van der Waals surface area contributed by atoms with Crippen LogP contribution in [0.3, 0.4) is 0 Å². The minimum Gasteiger partial charge on any atom is -0.481 e. The zero-order valence-corrected chi connectivity index (χ0v) is 11.5.